The Morgan fingerprint density at radius 3 is 1.71 bits per heavy atom. The van der Waals surface area contributed by atoms with Crippen molar-refractivity contribution in [1.82, 2.24) is 0 Å². The summed E-state index contributed by atoms with van der Waals surface area (Å²) in [6.07, 6.45) is 0. The molecule has 0 fully saturated rings. The summed E-state index contributed by atoms with van der Waals surface area (Å²) in [7, 11) is 0. The lowest BCUT2D eigenvalue weighted by atomic mass is 9.98. The first kappa shape index (κ1) is 28.3. The van der Waals surface area contributed by atoms with Gasteiger partial charge in [0.2, 0.25) is 0 Å². The average molecular weight is 660 g/mol. The molecule has 10 rings (SSSR count). The van der Waals surface area contributed by atoms with E-state index in [0.717, 1.165) is 17.1 Å². The molecule has 2 aromatic heterocycles. The van der Waals surface area contributed by atoms with Gasteiger partial charge >= 0.3 is 0 Å². The van der Waals surface area contributed by atoms with E-state index in [1.165, 1.54) is 73.4 Å². The number of fused-ring (bicyclic) bond motifs is 7. The van der Waals surface area contributed by atoms with Crippen molar-refractivity contribution in [2.24, 2.45) is 0 Å². The van der Waals surface area contributed by atoms with Gasteiger partial charge in [0.1, 0.15) is 0 Å². The van der Waals surface area contributed by atoms with Gasteiger partial charge in [0, 0.05) is 57.4 Å². The number of hydrogen-bond donors (Lipinski definition) is 0. The molecule has 0 aliphatic heterocycles. The van der Waals surface area contributed by atoms with Gasteiger partial charge in [-0.15, -0.1) is 22.7 Å². The Kier molecular flexibility index (Phi) is 6.61. The summed E-state index contributed by atoms with van der Waals surface area (Å²) in [5.41, 5.74) is 8.30. The minimum absolute atomic E-state index is 1.12. The zero-order valence-corrected chi connectivity index (χ0v) is 28.1. The molecule has 230 valence electrons. The van der Waals surface area contributed by atoms with E-state index in [9.17, 15) is 0 Å². The fourth-order valence-electron chi connectivity index (χ4n) is 7.30. The highest BCUT2D eigenvalue weighted by molar-refractivity contribution is 7.26. The Labute approximate surface area is 292 Å². The van der Waals surface area contributed by atoms with Crippen LogP contribution in [0.5, 0.6) is 0 Å². The molecule has 0 aliphatic rings. The van der Waals surface area contributed by atoms with Crippen LogP contribution in [0.1, 0.15) is 0 Å². The molecule has 0 bridgehead atoms. The third-order valence-corrected chi connectivity index (χ3v) is 11.9. The van der Waals surface area contributed by atoms with Gasteiger partial charge in [-0.05, 0) is 93.7 Å². The van der Waals surface area contributed by atoms with Crippen LogP contribution in [-0.2, 0) is 0 Å². The first-order chi connectivity index (χ1) is 24.3. The van der Waals surface area contributed by atoms with E-state index in [0.29, 0.717) is 0 Å². The van der Waals surface area contributed by atoms with Crippen molar-refractivity contribution < 1.29 is 0 Å². The highest BCUT2D eigenvalue weighted by Crippen LogP contribution is 2.43. The molecule has 0 spiro atoms. The third kappa shape index (κ3) is 4.82. The second-order valence-corrected chi connectivity index (χ2v) is 14.7. The van der Waals surface area contributed by atoms with E-state index in [2.05, 4.69) is 181 Å². The topological polar surface area (TPSA) is 3.24 Å². The van der Waals surface area contributed by atoms with E-state index in [1.54, 1.807) is 0 Å². The number of benzene rings is 8. The molecular formula is C46H29NS2. The summed E-state index contributed by atoms with van der Waals surface area (Å²) in [5, 5.41) is 7.78. The van der Waals surface area contributed by atoms with Crippen molar-refractivity contribution in [2.45, 2.75) is 0 Å². The van der Waals surface area contributed by atoms with Crippen molar-refractivity contribution in [3.8, 4) is 22.3 Å². The van der Waals surface area contributed by atoms with E-state index in [1.807, 2.05) is 22.7 Å². The molecule has 2 heterocycles. The number of hydrogen-bond acceptors (Lipinski definition) is 3. The molecule has 8 aromatic carbocycles. The van der Waals surface area contributed by atoms with Gasteiger partial charge < -0.3 is 4.90 Å². The minimum atomic E-state index is 1.12. The van der Waals surface area contributed by atoms with Gasteiger partial charge in [0.05, 0.1) is 0 Å². The standard InChI is InChI=1S/C46H29NS2/c1-2-13-37-30(9-1)10-8-16-38(37)31-19-22-34(23-20-31)47(36-24-26-45-42(29-36)40-15-4-6-18-44(40)48-45)35-12-7-11-32(27-35)33-21-25-41-39-14-3-5-17-43(39)49-46(41)28-33/h1-29H. The Hall–Kier alpha value is -5.74. The summed E-state index contributed by atoms with van der Waals surface area (Å²) in [6.45, 7) is 0. The molecule has 0 aliphatic carbocycles. The maximum atomic E-state index is 2.40. The molecular weight excluding hydrogens is 631 g/mol. The van der Waals surface area contributed by atoms with E-state index < -0.39 is 0 Å². The highest BCUT2D eigenvalue weighted by Gasteiger charge is 2.17. The second-order valence-electron chi connectivity index (χ2n) is 12.5. The van der Waals surface area contributed by atoms with Crippen LogP contribution < -0.4 is 4.90 Å². The summed E-state index contributed by atoms with van der Waals surface area (Å²) >= 11 is 3.73. The van der Waals surface area contributed by atoms with Crippen LogP contribution in [0.15, 0.2) is 176 Å². The fourth-order valence-corrected chi connectivity index (χ4v) is 9.53. The summed E-state index contributed by atoms with van der Waals surface area (Å²) in [5.74, 6) is 0. The van der Waals surface area contributed by atoms with Crippen LogP contribution in [-0.4, -0.2) is 0 Å². The van der Waals surface area contributed by atoms with Crippen LogP contribution in [0.3, 0.4) is 0 Å². The SMILES string of the molecule is c1cc(-c2ccc3c(c2)sc2ccccc23)cc(N(c2ccc(-c3cccc4ccccc34)cc2)c2ccc3sc4ccccc4c3c2)c1. The van der Waals surface area contributed by atoms with Gasteiger partial charge in [-0.25, -0.2) is 0 Å². The fraction of sp³-hybridized carbons (Fsp3) is 0. The number of rotatable bonds is 5. The van der Waals surface area contributed by atoms with Crippen molar-refractivity contribution >= 4 is 90.9 Å². The van der Waals surface area contributed by atoms with E-state index in [4.69, 9.17) is 0 Å². The molecule has 0 radical (unpaired) electrons. The Bertz CT molecular complexity index is 2830. The van der Waals surface area contributed by atoms with Crippen LogP contribution >= 0.6 is 22.7 Å². The molecule has 0 saturated heterocycles. The third-order valence-electron chi connectivity index (χ3n) is 9.66. The maximum absolute atomic E-state index is 2.40. The van der Waals surface area contributed by atoms with Crippen molar-refractivity contribution in [2.75, 3.05) is 4.90 Å². The summed E-state index contributed by atoms with van der Waals surface area (Å²) in [6, 6.07) is 64.5. The normalized spacial score (nSPS) is 11.7. The number of nitrogens with zero attached hydrogens (tertiary/aromatic N) is 1. The Morgan fingerprint density at radius 2 is 0.878 bits per heavy atom. The predicted molar refractivity (Wildman–Crippen MR) is 215 cm³/mol. The maximum Gasteiger partial charge on any atom is 0.0468 e. The largest absolute Gasteiger partial charge is 0.310 e. The van der Waals surface area contributed by atoms with E-state index in [-0.39, 0.29) is 0 Å². The van der Waals surface area contributed by atoms with Crippen LogP contribution in [0.2, 0.25) is 0 Å². The average Bonchev–Trinajstić information content (AvgIpc) is 3.73. The molecule has 0 atom stereocenters. The lowest BCUT2D eigenvalue weighted by Crippen LogP contribution is -2.10. The molecule has 3 heteroatoms. The first-order valence-corrected chi connectivity index (χ1v) is 18.2. The number of thiophene rings is 2. The lowest BCUT2D eigenvalue weighted by molar-refractivity contribution is 1.29. The second kappa shape index (κ2) is 11.5. The van der Waals surface area contributed by atoms with Crippen molar-refractivity contribution in [3.63, 3.8) is 0 Å². The molecule has 0 unspecified atom stereocenters. The first-order valence-electron chi connectivity index (χ1n) is 16.6. The zero-order chi connectivity index (χ0) is 32.3. The summed E-state index contributed by atoms with van der Waals surface area (Å²) in [4.78, 5) is 2.40. The van der Waals surface area contributed by atoms with Crippen LogP contribution in [0.25, 0.3) is 73.4 Å². The quantitative estimate of drug-likeness (QED) is 0.178. The minimum Gasteiger partial charge on any atom is -0.310 e. The van der Waals surface area contributed by atoms with E-state index >= 15 is 0 Å². The monoisotopic (exact) mass is 659 g/mol. The predicted octanol–water partition coefficient (Wildman–Crippen LogP) is 14.4. The smallest absolute Gasteiger partial charge is 0.0468 e. The Morgan fingerprint density at radius 1 is 0.306 bits per heavy atom. The van der Waals surface area contributed by atoms with Gasteiger partial charge in [0.15, 0.2) is 0 Å². The highest BCUT2D eigenvalue weighted by atomic mass is 32.1. The molecule has 1 nitrogen and oxygen atoms in total. The van der Waals surface area contributed by atoms with Crippen LogP contribution in [0, 0.1) is 0 Å². The lowest BCUT2D eigenvalue weighted by Gasteiger charge is -2.26. The summed E-state index contributed by atoms with van der Waals surface area (Å²) < 4.78 is 5.28. The van der Waals surface area contributed by atoms with Gasteiger partial charge in [-0.1, -0.05) is 115 Å². The molecule has 0 amide bonds. The van der Waals surface area contributed by atoms with Gasteiger partial charge in [-0.3, -0.25) is 0 Å². The molecule has 49 heavy (non-hydrogen) atoms. The zero-order valence-electron chi connectivity index (χ0n) is 26.5. The van der Waals surface area contributed by atoms with Gasteiger partial charge in [-0.2, -0.15) is 0 Å². The Balaban J connectivity index is 1.12. The van der Waals surface area contributed by atoms with Crippen molar-refractivity contribution in [3.05, 3.63) is 176 Å². The number of anilines is 3. The molecule has 0 saturated carbocycles. The molecule has 0 N–H and O–H groups in total. The molecule has 10 aromatic rings. The van der Waals surface area contributed by atoms with Crippen LogP contribution in [0.4, 0.5) is 17.1 Å². The van der Waals surface area contributed by atoms with Gasteiger partial charge in [0.25, 0.3) is 0 Å². The van der Waals surface area contributed by atoms with Crippen molar-refractivity contribution in [1.29, 1.82) is 0 Å².